The molecule has 0 unspecified atom stereocenters. The summed E-state index contributed by atoms with van der Waals surface area (Å²) in [6.07, 6.45) is 6.11. The lowest BCUT2D eigenvalue weighted by Crippen LogP contribution is -2.28. The summed E-state index contributed by atoms with van der Waals surface area (Å²) < 4.78 is 12.0. The number of methoxy groups -OCH3 is 2. The molecular weight excluding hydrogens is 458 g/mol. The zero-order valence-electron chi connectivity index (χ0n) is 19.0. The van der Waals surface area contributed by atoms with Crippen LogP contribution in [-0.2, 0) is 22.4 Å². The third-order valence-corrected chi connectivity index (χ3v) is 7.82. The summed E-state index contributed by atoms with van der Waals surface area (Å²) in [5, 5.41) is 4.14. The molecule has 0 aliphatic heterocycles. The highest BCUT2D eigenvalue weighted by atomic mass is 32.2. The van der Waals surface area contributed by atoms with Gasteiger partial charge in [0.05, 0.1) is 23.9 Å². The van der Waals surface area contributed by atoms with Crippen LogP contribution in [0.15, 0.2) is 34.2 Å². The highest BCUT2D eigenvalue weighted by Crippen LogP contribution is 2.34. The van der Waals surface area contributed by atoms with Crippen molar-refractivity contribution in [3.63, 3.8) is 0 Å². The van der Waals surface area contributed by atoms with Gasteiger partial charge in [-0.05, 0) is 49.8 Å². The molecular formula is C24H29N3O4S2. The van der Waals surface area contributed by atoms with Crippen molar-refractivity contribution in [1.29, 1.82) is 0 Å². The van der Waals surface area contributed by atoms with Crippen LogP contribution < -0.4 is 15.6 Å². The van der Waals surface area contributed by atoms with Gasteiger partial charge >= 0.3 is 0 Å². The standard InChI is InChI=1S/C24H29N3O4S2/c1-30-13-7-12-25-20(28)15-32-24-26-22-21(18-10-4-3-5-11-19(18)33-22)23(29)27(24)16-8-6-9-17(14-16)31-2/h6,8-9,14H,3-5,7,10-13,15H2,1-2H3,(H,25,28). The molecule has 3 aromatic rings. The number of benzene rings is 1. The lowest BCUT2D eigenvalue weighted by Gasteiger charge is -2.13. The van der Waals surface area contributed by atoms with Crippen molar-refractivity contribution in [3.05, 3.63) is 45.1 Å². The largest absolute Gasteiger partial charge is 0.497 e. The molecule has 2 heterocycles. The summed E-state index contributed by atoms with van der Waals surface area (Å²) in [5.41, 5.74) is 1.77. The Kier molecular flexibility index (Phi) is 8.06. The van der Waals surface area contributed by atoms with Gasteiger partial charge < -0.3 is 14.8 Å². The molecule has 0 radical (unpaired) electrons. The number of carbonyl (C=O) groups is 1. The molecule has 176 valence electrons. The van der Waals surface area contributed by atoms with E-state index in [1.165, 1.54) is 23.1 Å². The Hall–Kier alpha value is -2.36. The van der Waals surface area contributed by atoms with E-state index in [9.17, 15) is 9.59 Å². The van der Waals surface area contributed by atoms with Gasteiger partial charge in [0, 0.05) is 31.2 Å². The van der Waals surface area contributed by atoms with Crippen LogP contribution in [0.5, 0.6) is 5.75 Å². The highest BCUT2D eigenvalue weighted by molar-refractivity contribution is 7.99. The first-order valence-corrected chi connectivity index (χ1v) is 13.0. The Labute approximate surface area is 201 Å². The average Bonchev–Trinajstić information content (AvgIpc) is 3.01. The monoisotopic (exact) mass is 487 g/mol. The number of hydrogen-bond donors (Lipinski definition) is 1. The van der Waals surface area contributed by atoms with Crippen LogP contribution in [0.1, 0.15) is 36.1 Å². The van der Waals surface area contributed by atoms with Crippen LogP contribution in [0.3, 0.4) is 0 Å². The van der Waals surface area contributed by atoms with Gasteiger partial charge in [0.15, 0.2) is 5.16 Å². The fraction of sp³-hybridized carbons (Fsp3) is 0.458. The molecule has 0 atom stereocenters. The van der Waals surface area contributed by atoms with Gasteiger partial charge in [0.2, 0.25) is 5.91 Å². The van der Waals surface area contributed by atoms with Gasteiger partial charge in [-0.2, -0.15) is 0 Å². The number of rotatable bonds is 9. The fourth-order valence-electron chi connectivity index (χ4n) is 4.06. The second-order valence-corrected chi connectivity index (χ2v) is 9.99. The lowest BCUT2D eigenvalue weighted by molar-refractivity contribution is -0.118. The van der Waals surface area contributed by atoms with E-state index < -0.39 is 0 Å². The van der Waals surface area contributed by atoms with E-state index in [4.69, 9.17) is 14.5 Å². The molecule has 1 aliphatic rings. The van der Waals surface area contributed by atoms with E-state index in [-0.39, 0.29) is 17.2 Å². The summed E-state index contributed by atoms with van der Waals surface area (Å²) in [4.78, 5) is 33.2. The SMILES string of the molecule is COCCCNC(=O)CSc1nc2sc3c(c2c(=O)n1-c1cccc(OC)c1)CCCCC3. The maximum absolute atomic E-state index is 13.8. The van der Waals surface area contributed by atoms with Gasteiger partial charge in [-0.3, -0.25) is 14.2 Å². The van der Waals surface area contributed by atoms with Gasteiger partial charge in [-0.25, -0.2) is 4.98 Å². The van der Waals surface area contributed by atoms with Crippen LogP contribution in [-0.4, -0.2) is 48.6 Å². The molecule has 1 aromatic carbocycles. The smallest absolute Gasteiger partial charge is 0.267 e. The number of nitrogens with zero attached hydrogens (tertiary/aromatic N) is 2. The molecule has 0 spiro atoms. The Balaban J connectivity index is 1.72. The number of thiophene rings is 1. The first-order valence-electron chi connectivity index (χ1n) is 11.2. The Morgan fingerprint density at radius 1 is 1.24 bits per heavy atom. The molecule has 2 aromatic heterocycles. The average molecular weight is 488 g/mol. The van der Waals surface area contributed by atoms with E-state index in [1.54, 1.807) is 30.1 Å². The van der Waals surface area contributed by atoms with Gasteiger partial charge in [-0.15, -0.1) is 11.3 Å². The number of hydrogen-bond acceptors (Lipinski definition) is 7. The van der Waals surface area contributed by atoms with Crippen LogP contribution in [0, 0.1) is 0 Å². The van der Waals surface area contributed by atoms with Crippen molar-refractivity contribution in [2.24, 2.45) is 0 Å². The Bertz CT molecular complexity index is 1190. The molecule has 0 bridgehead atoms. The van der Waals surface area contributed by atoms with E-state index in [1.807, 2.05) is 24.3 Å². The second-order valence-electron chi connectivity index (χ2n) is 7.97. The van der Waals surface area contributed by atoms with Gasteiger partial charge in [-0.1, -0.05) is 24.2 Å². The number of thioether (sulfide) groups is 1. The lowest BCUT2D eigenvalue weighted by atomic mass is 10.1. The second kappa shape index (κ2) is 11.2. The van der Waals surface area contributed by atoms with Crippen LogP contribution in [0.25, 0.3) is 15.9 Å². The minimum absolute atomic E-state index is 0.0735. The Morgan fingerprint density at radius 2 is 2.09 bits per heavy atom. The number of ether oxygens (including phenoxy) is 2. The van der Waals surface area contributed by atoms with E-state index in [2.05, 4.69) is 5.32 Å². The molecule has 4 rings (SSSR count). The summed E-state index contributed by atoms with van der Waals surface area (Å²) in [6.45, 7) is 1.16. The normalized spacial score (nSPS) is 13.5. The van der Waals surface area contributed by atoms with Crippen molar-refractivity contribution in [1.82, 2.24) is 14.9 Å². The van der Waals surface area contributed by atoms with Crippen molar-refractivity contribution >= 4 is 39.2 Å². The van der Waals surface area contributed by atoms with Crippen molar-refractivity contribution in [2.45, 2.75) is 43.7 Å². The summed E-state index contributed by atoms with van der Waals surface area (Å²) in [6, 6.07) is 7.40. The maximum Gasteiger partial charge on any atom is 0.267 e. The predicted octanol–water partition coefficient (Wildman–Crippen LogP) is 3.97. The summed E-state index contributed by atoms with van der Waals surface area (Å²) in [7, 11) is 3.24. The molecule has 1 N–H and O–H groups in total. The number of aromatic nitrogens is 2. The number of amides is 1. The van der Waals surface area contributed by atoms with Crippen molar-refractivity contribution < 1.29 is 14.3 Å². The minimum atomic E-state index is -0.0930. The number of carbonyl (C=O) groups excluding carboxylic acids is 1. The zero-order valence-corrected chi connectivity index (χ0v) is 20.7. The Morgan fingerprint density at radius 3 is 2.91 bits per heavy atom. The summed E-state index contributed by atoms with van der Waals surface area (Å²) >= 11 is 2.91. The molecule has 9 heteroatoms. The predicted molar refractivity (Wildman–Crippen MR) is 133 cm³/mol. The van der Waals surface area contributed by atoms with E-state index >= 15 is 0 Å². The minimum Gasteiger partial charge on any atom is -0.497 e. The third kappa shape index (κ3) is 5.42. The van der Waals surface area contributed by atoms with Gasteiger partial charge in [0.25, 0.3) is 5.56 Å². The van der Waals surface area contributed by atoms with Crippen molar-refractivity contribution in [2.75, 3.05) is 33.1 Å². The number of aryl methyl sites for hydroxylation is 2. The quantitative estimate of drug-likeness (QED) is 0.213. The van der Waals surface area contributed by atoms with Crippen LogP contribution in [0.4, 0.5) is 0 Å². The molecule has 7 nitrogen and oxygen atoms in total. The zero-order chi connectivity index (χ0) is 23.2. The van der Waals surface area contributed by atoms with Crippen LogP contribution >= 0.6 is 23.1 Å². The molecule has 0 saturated carbocycles. The summed E-state index contributed by atoms with van der Waals surface area (Å²) in [5.74, 6) is 0.750. The molecule has 1 amide bonds. The first-order chi connectivity index (χ1) is 16.1. The van der Waals surface area contributed by atoms with Crippen molar-refractivity contribution in [3.8, 4) is 11.4 Å². The topological polar surface area (TPSA) is 82.5 Å². The maximum atomic E-state index is 13.8. The van der Waals surface area contributed by atoms with Crippen LogP contribution in [0.2, 0.25) is 0 Å². The van der Waals surface area contributed by atoms with Gasteiger partial charge in [0.1, 0.15) is 10.6 Å². The van der Waals surface area contributed by atoms with E-state index in [0.29, 0.717) is 29.7 Å². The fourth-order valence-corrected chi connectivity index (χ4v) is 6.21. The highest BCUT2D eigenvalue weighted by Gasteiger charge is 2.22. The molecule has 0 fully saturated rings. The first kappa shape index (κ1) is 23.8. The molecule has 1 aliphatic carbocycles. The third-order valence-electron chi connectivity index (χ3n) is 5.70. The molecule has 0 saturated heterocycles. The number of nitrogens with one attached hydrogen (secondary N) is 1. The molecule has 33 heavy (non-hydrogen) atoms. The van der Waals surface area contributed by atoms with E-state index in [0.717, 1.165) is 47.9 Å². The number of fused-ring (bicyclic) bond motifs is 3.